The molecule has 0 aromatic carbocycles. The largest absolute Gasteiger partial charge is 0.461 e. The number of rotatable bonds is 2. The second-order valence-electron chi connectivity index (χ2n) is 2.52. The molecule has 0 aliphatic heterocycles. The summed E-state index contributed by atoms with van der Waals surface area (Å²) in [5, 5.41) is 0. The van der Waals surface area contributed by atoms with E-state index in [0.29, 0.717) is 12.3 Å². The van der Waals surface area contributed by atoms with Crippen LogP contribution in [0.15, 0.2) is 0 Å². The molecule has 0 saturated heterocycles. The summed E-state index contributed by atoms with van der Waals surface area (Å²) in [6.07, 6.45) is 0. The molecule has 1 heterocycles. The lowest BCUT2D eigenvalue weighted by Crippen LogP contribution is -2.06. The van der Waals surface area contributed by atoms with Crippen LogP contribution in [0, 0.1) is 13.8 Å². The van der Waals surface area contributed by atoms with Crippen molar-refractivity contribution < 1.29 is 9.53 Å². The van der Waals surface area contributed by atoms with Crippen LogP contribution < -0.4 is 0 Å². The van der Waals surface area contributed by atoms with Gasteiger partial charge in [-0.2, -0.15) is 0 Å². The van der Waals surface area contributed by atoms with Crippen LogP contribution in [-0.4, -0.2) is 22.5 Å². The van der Waals surface area contributed by atoms with Crippen molar-refractivity contribution in [1.82, 2.24) is 9.97 Å². The molecule has 80 valence electrons. The molecule has 1 aromatic rings. The van der Waals surface area contributed by atoms with Gasteiger partial charge < -0.3 is 9.72 Å². The minimum Gasteiger partial charge on any atom is -0.461 e. The summed E-state index contributed by atoms with van der Waals surface area (Å²) >= 11 is 0. The number of H-pyrrole nitrogens is 1. The van der Waals surface area contributed by atoms with Crippen LogP contribution in [0.1, 0.15) is 42.8 Å². The van der Waals surface area contributed by atoms with Crippen molar-refractivity contribution in [3.63, 3.8) is 0 Å². The van der Waals surface area contributed by atoms with Gasteiger partial charge in [0.15, 0.2) is 5.69 Å². The molecule has 1 aromatic heterocycles. The van der Waals surface area contributed by atoms with Gasteiger partial charge in [0.1, 0.15) is 5.82 Å². The van der Waals surface area contributed by atoms with Gasteiger partial charge in [-0.25, -0.2) is 9.78 Å². The molecule has 1 N–H and O–H groups in total. The Hall–Kier alpha value is -1.32. The van der Waals surface area contributed by atoms with Crippen LogP contribution >= 0.6 is 0 Å². The number of nitrogens with one attached hydrogen (secondary N) is 1. The predicted molar refractivity (Wildman–Crippen MR) is 55.4 cm³/mol. The van der Waals surface area contributed by atoms with Crippen LogP contribution in [0.4, 0.5) is 0 Å². The fourth-order valence-electron chi connectivity index (χ4n) is 1.01. The lowest BCUT2D eigenvalue weighted by molar-refractivity contribution is 0.0519. The molecular formula is C10H18N2O2. The molecule has 4 heteroatoms. The number of carbonyl (C=O) groups excluding carboxylic acids is 1. The number of aryl methyl sites for hydroxylation is 2. The van der Waals surface area contributed by atoms with E-state index in [1.807, 2.05) is 13.8 Å². The van der Waals surface area contributed by atoms with Crippen LogP contribution in [-0.2, 0) is 4.74 Å². The average molecular weight is 198 g/mol. The molecule has 4 nitrogen and oxygen atoms in total. The number of esters is 1. The lowest BCUT2D eigenvalue weighted by Gasteiger charge is -1.97. The number of carbonyl (C=O) groups is 1. The van der Waals surface area contributed by atoms with E-state index in [-0.39, 0.29) is 5.97 Å². The highest BCUT2D eigenvalue weighted by molar-refractivity contribution is 5.88. The molecule has 0 bridgehead atoms. The van der Waals surface area contributed by atoms with E-state index < -0.39 is 0 Å². The molecule has 0 spiro atoms. The number of nitrogens with zero attached hydrogens (tertiary/aromatic N) is 1. The summed E-state index contributed by atoms with van der Waals surface area (Å²) in [5.41, 5.74) is 1.14. The first-order chi connectivity index (χ1) is 6.65. The van der Waals surface area contributed by atoms with Crippen LogP contribution in [0.5, 0.6) is 0 Å². The third kappa shape index (κ3) is 3.20. The highest BCUT2D eigenvalue weighted by Gasteiger charge is 2.13. The molecular weight excluding hydrogens is 180 g/mol. The third-order valence-electron chi connectivity index (χ3n) is 1.47. The van der Waals surface area contributed by atoms with Gasteiger partial charge in [0, 0.05) is 5.69 Å². The van der Waals surface area contributed by atoms with Gasteiger partial charge in [0.05, 0.1) is 6.61 Å². The topological polar surface area (TPSA) is 55.0 Å². The van der Waals surface area contributed by atoms with Gasteiger partial charge in [0.25, 0.3) is 0 Å². The number of ether oxygens (including phenoxy) is 1. The second kappa shape index (κ2) is 6.18. The fourth-order valence-corrected chi connectivity index (χ4v) is 1.01. The minimum absolute atomic E-state index is 0.362. The number of hydrogen-bond acceptors (Lipinski definition) is 3. The van der Waals surface area contributed by atoms with Crippen molar-refractivity contribution in [2.45, 2.75) is 34.6 Å². The molecule has 0 aliphatic rings. The third-order valence-corrected chi connectivity index (χ3v) is 1.47. The van der Waals surface area contributed by atoms with E-state index in [2.05, 4.69) is 9.97 Å². The Labute approximate surface area is 84.7 Å². The van der Waals surface area contributed by atoms with Crippen molar-refractivity contribution in [2.24, 2.45) is 0 Å². The monoisotopic (exact) mass is 198 g/mol. The molecule has 0 saturated carbocycles. The van der Waals surface area contributed by atoms with Crippen LogP contribution in [0.3, 0.4) is 0 Å². The van der Waals surface area contributed by atoms with E-state index in [1.165, 1.54) is 0 Å². The SMILES string of the molecule is CC.CCOC(=O)c1nc(C)[nH]c1C. The first-order valence-corrected chi connectivity index (χ1v) is 4.85. The highest BCUT2D eigenvalue weighted by Crippen LogP contribution is 2.05. The van der Waals surface area contributed by atoms with Crippen LogP contribution in [0.2, 0.25) is 0 Å². The Morgan fingerprint density at radius 3 is 2.36 bits per heavy atom. The normalized spacial score (nSPS) is 8.93. The Kier molecular flexibility index (Phi) is 5.60. The molecule has 0 amide bonds. The van der Waals surface area contributed by atoms with Gasteiger partial charge in [-0.1, -0.05) is 13.8 Å². The van der Waals surface area contributed by atoms with Crippen molar-refractivity contribution in [3.05, 3.63) is 17.2 Å². The number of aromatic nitrogens is 2. The molecule has 14 heavy (non-hydrogen) atoms. The maximum absolute atomic E-state index is 11.2. The average Bonchev–Trinajstić information content (AvgIpc) is 2.49. The Balaban J connectivity index is 0.000000791. The highest BCUT2D eigenvalue weighted by atomic mass is 16.5. The molecule has 1 rings (SSSR count). The zero-order chi connectivity index (χ0) is 11.1. The van der Waals surface area contributed by atoms with Crippen molar-refractivity contribution in [2.75, 3.05) is 6.61 Å². The van der Waals surface area contributed by atoms with Crippen LogP contribution in [0.25, 0.3) is 0 Å². The number of aromatic amines is 1. The van der Waals surface area contributed by atoms with Gasteiger partial charge in [-0.15, -0.1) is 0 Å². The van der Waals surface area contributed by atoms with Crippen molar-refractivity contribution in [3.8, 4) is 0 Å². The standard InChI is InChI=1S/C8H12N2O2.C2H6/c1-4-12-8(11)7-5(2)9-6(3)10-7;1-2/h4H2,1-3H3,(H,9,10);1-2H3. The van der Waals surface area contributed by atoms with Crippen molar-refractivity contribution >= 4 is 5.97 Å². The first-order valence-electron chi connectivity index (χ1n) is 4.85. The second-order valence-corrected chi connectivity index (χ2v) is 2.52. The lowest BCUT2D eigenvalue weighted by atomic mass is 10.3. The van der Waals surface area contributed by atoms with E-state index in [4.69, 9.17) is 4.74 Å². The molecule has 0 aliphatic carbocycles. The summed E-state index contributed by atoms with van der Waals surface area (Å²) in [6, 6.07) is 0. The van der Waals surface area contributed by atoms with Gasteiger partial charge in [-0.3, -0.25) is 0 Å². The molecule has 0 fully saturated rings. The maximum atomic E-state index is 11.2. The fraction of sp³-hybridized carbons (Fsp3) is 0.600. The number of imidazole rings is 1. The smallest absolute Gasteiger partial charge is 0.358 e. The summed E-state index contributed by atoms with van der Waals surface area (Å²) in [6.45, 7) is 9.75. The summed E-state index contributed by atoms with van der Waals surface area (Å²) in [4.78, 5) is 18.1. The van der Waals surface area contributed by atoms with E-state index >= 15 is 0 Å². The number of hydrogen-bond donors (Lipinski definition) is 1. The quantitative estimate of drug-likeness (QED) is 0.741. The summed E-state index contributed by atoms with van der Waals surface area (Å²) < 4.78 is 4.80. The Bertz CT molecular complexity index is 292. The minimum atomic E-state index is -0.362. The zero-order valence-electron chi connectivity index (χ0n) is 9.47. The Morgan fingerprint density at radius 2 is 2.00 bits per heavy atom. The molecule has 0 unspecified atom stereocenters. The first kappa shape index (κ1) is 12.7. The van der Waals surface area contributed by atoms with E-state index in [9.17, 15) is 4.79 Å². The van der Waals surface area contributed by atoms with E-state index in [1.54, 1.807) is 20.8 Å². The van der Waals surface area contributed by atoms with Gasteiger partial charge in [0.2, 0.25) is 0 Å². The molecule has 0 atom stereocenters. The van der Waals surface area contributed by atoms with Crippen molar-refractivity contribution in [1.29, 1.82) is 0 Å². The zero-order valence-corrected chi connectivity index (χ0v) is 9.47. The predicted octanol–water partition coefficient (Wildman–Crippen LogP) is 2.23. The summed E-state index contributed by atoms with van der Waals surface area (Å²) in [5.74, 6) is 0.370. The summed E-state index contributed by atoms with van der Waals surface area (Å²) in [7, 11) is 0. The van der Waals surface area contributed by atoms with Gasteiger partial charge >= 0.3 is 5.97 Å². The van der Waals surface area contributed by atoms with E-state index in [0.717, 1.165) is 11.5 Å². The Morgan fingerprint density at radius 1 is 1.43 bits per heavy atom. The van der Waals surface area contributed by atoms with Gasteiger partial charge in [-0.05, 0) is 20.8 Å². The molecule has 0 radical (unpaired) electrons. The maximum Gasteiger partial charge on any atom is 0.358 e.